The van der Waals surface area contributed by atoms with Gasteiger partial charge in [-0.25, -0.2) is 4.79 Å². The third-order valence-electron chi connectivity index (χ3n) is 3.75. The van der Waals surface area contributed by atoms with Crippen LogP contribution in [0.5, 0.6) is 0 Å². The number of esters is 1. The van der Waals surface area contributed by atoms with Crippen molar-refractivity contribution in [1.29, 1.82) is 0 Å². The Labute approximate surface area is 115 Å². The number of hydrogen-bond acceptors (Lipinski definition) is 2. The molecular formula is C16H23FO2. The summed E-state index contributed by atoms with van der Waals surface area (Å²) in [6.07, 6.45) is 7.02. The lowest BCUT2D eigenvalue weighted by Crippen LogP contribution is -2.19. The van der Waals surface area contributed by atoms with Gasteiger partial charge in [0.25, 0.3) is 0 Å². The molecule has 0 amide bonds. The molecule has 0 bridgehead atoms. The third kappa shape index (κ3) is 3.79. The van der Waals surface area contributed by atoms with Gasteiger partial charge in [0.05, 0.1) is 7.11 Å². The van der Waals surface area contributed by atoms with E-state index in [1.54, 1.807) is 13.0 Å². The zero-order valence-electron chi connectivity index (χ0n) is 12.5. The van der Waals surface area contributed by atoms with E-state index in [1.807, 2.05) is 6.08 Å². The van der Waals surface area contributed by atoms with Gasteiger partial charge in [0.15, 0.2) is 0 Å². The molecule has 0 saturated heterocycles. The Morgan fingerprint density at radius 3 is 2.58 bits per heavy atom. The van der Waals surface area contributed by atoms with Gasteiger partial charge in [0.2, 0.25) is 5.83 Å². The lowest BCUT2D eigenvalue weighted by atomic mass is 9.72. The minimum atomic E-state index is -0.921. The molecule has 0 N–H and O–H groups in total. The van der Waals surface area contributed by atoms with Crippen LogP contribution in [0.15, 0.2) is 34.7 Å². The number of allylic oxidation sites excluding steroid dienone is 5. The molecule has 0 unspecified atom stereocenters. The average molecular weight is 266 g/mol. The van der Waals surface area contributed by atoms with Gasteiger partial charge >= 0.3 is 5.97 Å². The van der Waals surface area contributed by atoms with E-state index in [4.69, 9.17) is 0 Å². The Hall–Kier alpha value is -1.38. The zero-order valence-corrected chi connectivity index (χ0v) is 12.5. The van der Waals surface area contributed by atoms with Gasteiger partial charge in [-0.05, 0) is 49.7 Å². The molecule has 3 heteroatoms. The summed E-state index contributed by atoms with van der Waals surface area (Å²) >= 11 is 0. The first-order valence-corrected chi connectivity index (χ1v) is 6.62. The van der Waals surface area contributed by atoms with Crippen LogP contribution in [0.4, 0.5) is 4.39 Å². The molecule has 19 heavy (non-hydrogen) atoms. The molecule has 0 heterocycles. The van der Waals surface area contributed by atoms with Crippen LogP contribution in [0.1, 0.15) is 47.0 Å². The highest BCUT2D eigenvalue weighted by Crippen LogP contribution is 2.40. The van der Waals surface area contributed by atoms with Crippen LogP contribution in [0, 0.1) is 5.41 Å². The minimum absolute atomic E-state index is 0.112. The number of carbonyl (C=O) groups is 1. The fraction of sp³-hybridized carbons (Fsp3) is 0.562. The van der Waals surface area contributed by atoms with Crippen molar-refractivity contribution in [1.82, 2.24) is 0 Å². The van der Waals surface area contributed by atoms with Gasteiger partial charge in [0, 0.05) is 0 Å². The van der Waals surface area contributed by atoms with Crippen molar-refractivity contribution < 1.29 is 13.9 Å². The number of ether oxygens (including phenoxy) is 1. The normalized spacial score (nSPS) is 20.5. The topological polar surface area (TPSA) is 26.3 Å². The molecule has 1 aliphatic carbocycles. The lowest BCUT2D eigenvalue weighted by molar-refractivity contribution is -0.137. The Kier molecular flexibility index (Phi) is 5.10. The van der Waals surface area contributed by atoms with Gasteiger partial charge in [-0.3, -0.25) is 0 Å². The number of rotatable bonds is 3. The predicted octanol–water partition coefficient (Wildman–Crippen LogP) is 4.49. The first-order chi connectivity index (χ1) is 8.79. The van der Waals surface area contributed by atoms with E-state index in [-0.39, 0.29) is 5.41 Å². The number of hydrogen-bond donors (Lipinski definition) is 0. The smallest absolute Gasteiger partial charge is 0.367 e. The molecule has 0 fully saturated rings. The fourth-order valence-corrected chi connectivity index (χ4v) is 2.54. The number of halogens is 1. The van der Waals surface area contributed by atoms with Crippen molar-refractivity contribution in [3.63, 3.8) is 0 Å². The van der Waals surface area contributed by atoms with Crippen molar-refractivity contribution in [2.24, 2.45) is 5.41 Å². The second-order valence-electron chi connectivity index (χ2n) is 5.75. The summed E-state index contributed by atoms with van der Waals surface area (Å²) in [4.78, 5) is 11.1. The Morgan fingerprint density at radius 2 is 2.05 bits per heavy atom. The van der Waals surface area contributed by atoms with E-state index in [0.717, 1.165) is 12.8 Å². The number of methoxy groups -OCH3 is 1. The molecule has 0 atom stereocenters. The van der Waals surface area contributed by atoms with Crippen LogP contribution < -0.4 is 0 Å². The standard InChI is InChI=1S/C16H23FO2/c1-11-7-6-10-16(3,4)13(11)9-8-12(2)14(17)15(18)19-5/h8-9H,6-7,10H2,1-5H3/b9-8+,14-12-. The lowest BCUT2D eigenvalue weighted by Gasteiger charge is -2.32. The average Bonchev–Trinajstić information content (AvgIpc) is 2.35. The molecule has 0 aromatic carbocycles. The molecule has 1 rings (SSSR count). The maximum absolute atomic E-state index is 13.6. The SMILES string of the molecule is COC(=O)/C(F)=C(C)/C=C/C1=C(C)CCCC1(C)C. The van der Waals surface area contributed by atoms with E-state index in [1.165, 1.54) is 24.7 Å². The van der Waals surface area contributed by atoms with Crippen molar-refractivity contribution in [2.75, 3.05) is 7.11 Å². The molecule has 0 spiro atoms. The molecule has 2 nitrogen and oxygen atoms in total. The van der Waals surface area contributed by atoms with Crippen LogP contribution in [-0.4, -0.2) is 13.1 Å². The molecule has 0 aromatic heterocycles. The van der Waals surface area contributed by atoms with Crippen LogP contribution >= 0.6 is 0 Å². The monoisotopic (exact) mass is 266 g/mol. The van der Waals surface area contributed by atoms with Gasteiger partial charge in [0.1, 0.15) is 0 Å². The Bertz CT molecular complexity index is 453. The van der Waals surface area contributed by atoms with Gasteiger partial charge in [-0.2, -0.15) is 4.39 Å². The largest absolute Gasteiger partial charge is 0.464 e. The molecule has 0 aromatic rings. The van der Waals surface area contributed by atoms with Gasteiger partial charge in [-0.15, -0.1) is 0 Å². The summed E-state index contributed by atoms with van der Waals surface area (Å²) in [6, 6.07) is 0. The predicted molar refractivity (Wildman–Crippen MR) is 75.3 cm³/mol. The molecule has 1 aliphatic rings. The summed E-state index contributed by atoms with van der Waals surface area (Å²) < 4.78 is 17.9. The van der Waals surface area contributed by atoms with E-state index < -0.39 is 11.8 Å². The zero-order chi connectivity index (χ0) is 14.6. The molecule has 0 saturated carbocycles. The van der Waals surface area contributed by atoms with Gasteiger partial charge < -0.3 is 4.74 Å². The van der Waals surface area contributed by atoms with Crippen molar-refractivity contribution in [2.45, 2.75) is 47.0 Å². The summed E-state index contributed by atoms with van der Waals surface area (Å²) in [6.45, 7) is 8.10. The van der Waals surface area contributed by atoms with E-state index >= 15 is 0 Å². The highest BCUT2D eigenvalue weighted by Gasteiger charge is 2.26. The molecule has 0 radical (unpaired) electrons. The van der Waals surface area contributed by atoms with E-state index in [0.29, 0.717) is 5.57 Å². The fourth-order valence-electron chi connectivity index (χ4n) is 2.54. The highest BCUT2D eigenvalue weighted by molar-refractivity contribution is 5.87. The third-order valence-corrected chi connectivity index (χ3v) is 3.75. The molecule has 106 valence electrons. The summed E-state index contributed by atoms with van der Waals surface area (Å²) in [5, 5.41) is 0. The molecule has 0 aliphatic heterocycles. The first-order valence-electron chi connectivity index (χ1n) is 6.62. The van der Waals surface area contributed by atoms with Crippen LogP contribution in [0.2, 0.25) is 0 Å². The summed E-state index contributed by atoms with van der Waals surface area (Å²) in [7, 11) is 1.18. The molecular weight excluding hydrogens is 243 g/mol. The quantitative estimate of drug-likeness (QED) is 0.427. The highest BCUT2D eigenvalue weighted by atomic mass is 19.1. The summed E-state index contributed by atoms with van der Waals surface area (Å²) in [5.74, 6) is -1.75. The number of carbonyl (C=O) groups excluding carboxylic acids is 1. The summed E-state index contributed by atoms with van der Waals surface area (Å²) in [5.41, 5.74) is 3.00. The maximum atomic E-state index is 13.6. The second-order valence-corrected chi connectivity index (χ2v) is 5.75. The Morgan fingerprint density at radius 1 is 1.42 bits per heavy atom. The van der Waals surface area contributed by atoms with Crippen molar-refractivity contribution in [3.05, 3.63) is 34.7 Å². The Balaban J connectivity index is 3.01. The van der Waals surface area contributed by atoms with Crippen molar-refractivity contribution in [3.8, 4) is 0 Å². The van der Waals surface area contributed by atoms with Crippen molar-refractivity contribution >= 4 is 5.97 Å². The van der Waals surface area contributed by atoms with E-state index in [2.05, 4.69) is 25.5 Å². The first kappa shape index (κ1) is 15.7. The maximum Gasteiger partial charge on any atom is 0.367 e. The van der Waals surface area contributed by atoms with Crippen LogP contribution in [-0.2, 0) is 9.53 Å². The van der Waals surface area contributed by atoms with E-state index in [9.17, 15) is 9.18 Å². The van der Waals surface area contributed by atoms with Crippen LogP contribution in [0.25, 0.3) is 0 Å². The minimum Gasteiger partial charge on any atom is -0.464 e. The second kappa shape index (κ2) is 6.18. The van der Waals surface area contributed by atoms with Crippen LogP contribution in [0.3, 0.4) is 0 Å². The van der Waals surface area contributed by atoms with Gasteiger partial charge in [-0.1, -0.05) is 31.6 Å².